The summed E-state index contributed by atoms with van der Waals surface area (Å²) < 4.78 is 1.97. The molecule has 1 nitrogen and oxygen atoms in total. The summed E-state index contributed by atoms with van der Waals surface area (Å²) >= 11 is 1.68. The Morgan fingerprint density at radius 2 is 0.765 bits per heavy atom. The van der Waals surface area contributed by atoms with Crippen molar-refractivity contribution < 1.29 is 0 Å². The normalized spacial score (nSPS) is 11.1. The maximum Gasteiger partial charge on any atom is 0.195 e. The van der Waals surface area contributed by atoms with Crippen molar-refractivity contribution in [3.63, 3.8) is 0 Å². The predicted molar refractivity (Wildman–Crippen MR) is 216 cm³/mol. The minimum atomic E-state index is 0.0730. The molecule has 1 aromatic heterocycles. The van der Waals surface area contributed by atoms with Crippen LogP contribution in [0.2, 0.25) is 0 Å². The maximum atomic E-state index is 13.8. The summed E-state index contributed by atoms with van der Waals surface area (Å²) in [6, 6.07) is 69.6. The minimum Gasteiger partial charge on any atom is -0.289 e. The van der Waals surface area contributed by atoms with Crippen molar-refractivity contribution in [1.29, 1.82) is 0 Å². The third-order valence-corrected chi connectivity index (χ3v) is 10.6. The average Bonchev–Trinajstić information content (AvgIpc) is 3.21. The average molecular weight is 667 g/mol. The van der Waals surface area contributed by atoms with E-state index in [0.717, 1.165) is 70.2 Å². The molecule has 0 unspecified atom stereocenters. The van der Waals surface area contributed by atoms with Crippen LogP contribution in [0.25, 0.3) is 86.9 Å². The van der Waals surface area contributed by atoms with Gasteiger partial charge >= 0.3 is 0 Å². The van der Waals surface area contributed by atoms with E-state index in [1.807, 2.05) is 30.3 Å². The lowest BCUT2D eigenvalue weighted by molar-refractivity contribution is 1.58. The highest BCUT2D eigenvalue weighted by Crippen LogP contribution is 2.35. The molecule has 0 bridgehead atoms. The van der Waals surface area contributed by atoms with E-state index in [2.05, 4.69) is 164 Å². The molecule has 8 aromatic carbocycles. The molecule has 51 heavy (non-hydrogen) atoms. The zero-order valence-electron chi connectivity index (χ0n) is 27.6. The summed E-state index contributed by atoms with van der Waals surface area (Å²) in [6.07, 6.45) is 0. The van der Waals surface area contributed by atoms with Crippen molar-refractivity contribution in [1.82, 2.24) is 0 Å². The predicted octanol–water partition coefficient (Wildman–Crippen LogP) is 13.0. The molecule has 0 radical (unpaired) electrons. The Morgan fingerprint density at radius 3 is 1.24 bits per heavy atom. The van der Waals surface area contributed by atoms with Gasteiger partial charge in [-0.3, -0.25) is 4.79 Å². The van der Waals surface area contributed by atoms with Gasteiger partial charge in [0.15, 0.2) is 5.43 Å². The first-order chi connectivity index (χ1) is 25.2. The van der Waals surface area contributed by atoms with Crippen molar-refractivity contribution in [3.05, 3.63) is 204 Å². The lowest BCUT2D eigenvalue weighted by Gasteiger charge is -2.10. The smallest absolute Gasteiger partial charge is 0.195 e. The van der Waals surface area contributed by atoms with E-state index in [1.165, 1.54) is 16.7 Å². The number of hydrogen-bond donors (Lipinski definition) is 0. The van der Waals surface area contributed by atoms with Crippen LogP contribution in [-0.4, -0.2) is 0 Å². The lowest BCUT2D eigenvalue weighted by Crippen LogP contribution is -2.01. The Hall–Kier alpha value is -6.53. The van der Waals surface area contributed by atoms with Gasteiger partial charge in [-0.15, -0.1) is 11.3 Å². The molecule has 0 saturated heterocycles. The van der Waals surface area contributed by atoms with Crippen molar-refractivity contribution in [2.24, 2.45) is 0 Å². The minimum absolute atomic E-state index is 0.0730. The molecule has 0 amide bonds. The van der Waals surface area contributed by atoms with E-state index in [9.17, 15) is 4.79 Å². The standard InChI is InChI=1S/C49H30OS/c50-49-45-25-23-43(41-21-9-19-39(29-41)37-17-7-15-35(27-37)33-11-3-1-4-12-33)31-47(45)51-48-32-44(24-26-46(48)49)42-22-10-20-40(30-42)38-18-8-16-36(28-38)34-13-5-2-6-14-34/h1-5,7-13,15-32H. The van der Waals surface area contributed by atoms with Crippen LogP contribution in [-0.2, 0) is 0 Å². The van der Waals surface area contributed by atoms with Gasteiger partial charge in [0.2, 0.25) is 0 Å². The van der Waals surface area contributed by atoms with Crippen LogP contribution in [0, 0.1) is 12.1 Å². The molecule has 2 heteroatoms. The monoisotopic (exact) mass is 666 g/mol. The summed E-state index contributed by atoms with van der Waals surface area (Å²) in [5, 5.41) is 1.51. The second kappa shape index (κ2) is 13.1. The van der Waals surface area contributed by atoms with Crippen LogP contribution in [0.1, 0.15) is 0 Å². The lowest BCUT2D eigenvalue weighted by atomic mass is 9.96. The summed E-state index contributed by atoms with van der Waals surface area (Å²) in [5.74, 6) is 0. The van der Waals surface area contributed by atoms with E-state index in [-0.39, 0.29) is 5.43 Å². The molecule has 1 heterocycles. The molecular formula is C49H30OS. The Balaban J connectivity index is 1.06. The van der Waals surface area contributed by atoms with Crippen LogP contribution in [0.5, 0.6) is 0 Å². The van der Waals surface area contributed by atoms with E-state index < -0.39 is 0 Å². The molecule has 0 spiro atoms. The van der Waals surface area contributed by atoms with Gasteiger partial charge in [0.05, 0.1) is 0 Å². The van der Waals surface area contributed by atoms with Crippen molar-refractivity contribution in [3.8, 4) is 66.8 Å². The van der Waals surface area contributed by atoms with Crippen LogP contribution >= 0.6 is 11.3 Å². The fraction of sp³-hybridized carbons (Fsp3) is 0. The molecule has 0 atom stereocenters. The van der Waals surface area contributed by atoms with Gasteiger partial charge in [0, 0.05) is 25.7 Å². The van der Waals surface area contributed by atoms with E-state index in [0.29, 0.717) is 0 Å². The Kier molecular flexibility index (Phi) is 7.82. The second-order valence-electron chi connectivity index (χ2n) is 12.8. The molecule has 9 rings (SSSR count). The van der Waals surface area contributed by atoms with Crippen LogP contribution < -0.4 is 5.43 Å². The first-order valence-corrected chi connectivity index (χ1v) is 17.8. The molecule has 0 fully saturated rings. The molecule has 9 aromatic rings. The summed E-state index contributed by atoms with van der Waals surface area (Å²) in [5.41, 5.74) is 13.6. The van der Waals surface area contributed by atoms with Gasteiger partial charge in [-0.25, -0.2) is 0 Å². The summed E-state index contributed by atoms with van der Waals surface area (Å²) in [7, 11) is 0. The Morgan fingerprint density at radius 1 is 0.353 bits per heavy atom. The van der Waals surface area contributed by atoms with Gasteiger partial charge in [-0.1, -0.05) is 133 Å². The van der Waals surface area contributed by atoms with E-state index >= 15 is 0 Å². The number of hydrogen-bond acceptors (Lipinski definition) is 2. The Labute approximate surface area is 301 Å². The fourth-order valence-corrected chi connectivity index (χ4v) is 8.02. The number of benzene rings is 7. The number of fused-ring (bicyclic) bond motifs is 2. The molecular weight excluding hydrogens is 637 g/mol. The third kappa shape index (κ3) is 6.02. The second-order valence-corrected chi connectivity index (χ2v) is 13.8. The van der Waals surface area contributed by atoms with Gasteiger partial charge in [-0.05, 0) is 122 Å². The highest BCUT2D eigenvalue weighted by molar-refractivity contribution is 7.24. The van der Waals surface area contributed by atoms with Gasteiger partial charge in [0.25, 0.3) is 0 Å². The quantitative estimate of drug-likeness (QED) is 0.161. The molecule has 0 N–H and O–H groups in total. The molecule has 0 aliphatic carbocycles. The SMILES string of the molecule is O=c1c2ccc(-c3cccc(-c4cccc(-c5c#cccc5)c4)c3)cc2sc2cc(-c3cccc(-c4cccc(-c5ccccc5)c4)c3)ccc12. The Bertz CT molecular complexity index is 2570. The van der Waals surface area contributed by atoms with Gasteiger partial charge < -0.3 is 0 Å². The highest BCUT2D eigenvalue weighted by Gasteiger charge is 2.11. The van der Waals surface area contributed by atoms with Crippen molar-refractivity contribution in [2.45, 2.75) is 0 Å². The first-order valence-electron chi connectivity index (χ1n) is 17.0. The summed E-state index contributed by atoms with van der Waals surface area (Å²) in [6.45, 7) is 0. The molecule has 238 valence electrons. The van der Waals surface area contributed by atoms with Crippen LogP contribution in [0.15, 0.2) is 187 Å². The highest BCUT2D eigenvalue weighted by atomic mass is 32.1. The zero-order chi connectivity index (χ0) is 34.1. The summed E-state index contributed by atoms with van der Waals surface area (Å²) in [4.78, 5) is 13.8. The van der Waals surface area contributed by atoms with E-state index in [1.54, 1.807) is 11.3 Å². The third-order valence-electron chi connectivity index (χ3n) is 9.52. The van der Waals surface area contributed by atoms with Gasteiger partial charge in [0.1, 0.15) is 0 Å². The largest absolute Gasteiger partial charge is 0.289 e. The van der Waals surface area contributed by atoms with E-state index in [4.69, 9.17) is 0 Å². The zero-order valence-corrected chi connectivity index (χ0v) is 28.5. The molecule has 0 saturated carbocycles. The van der Waals surface area contributed by atoms with Crippen molar-refractivity contribution in [2.75, 3.05) is 0 Å². The molecule has 0 aliphatic rings. The number of rotatable bonds is 6. The first kappa shape index (κ1) is 30.5. The maximum absolute atomic E-state index is 13.8. The van der Waals surface area contributed by atoms with Crippen molar-refractivity contribution >= 4 is 31.5 Å². The topological polar surface area (TPSA) is 17.1 Å². The van der Waals surface area contributed by atoms with Crippen LogP contribution in [0.3, 0.4) is 0 Å². The fourth-order valence-electron chi connectivity index (χ4n) is 6.87. The van der Waals surface area contributed by atoms with Crippen LogP contribution in [0.4, 0.5) is 0 Å². The van der Waals surface area contributed by atoms with Gasteiger partial charge in [-0.2, -0.15) is 0 Å². The molecule has 0 aliphatic heterocycles.